The van der Waals surface area contributed by atoms with Crippen LogP contribution in [0, 0.1) is 0 Å². The molecule has 0 aliphatic heterocycles. The van der Waals surface area contributed by atoms with Crippen molar-refractivity contribution in [3.63, 3.8) is 0 Å². The fraction of sp³-hybridized carbons (Fsp3) is 0.375. The molecule has 0 amide bonds. The lowest BCUT2D eigenvalue weighted by atomic mass is 10.1. The molecule has 1 aromatic carbocycles. The van der Waals surface area contributed by atoms with Gasteiger partial charge in [-0.25, -0.2) is 4.98 Å². The zero-order valence-electron chi connectivity index (χ0n) is 13.2. The van der Waals surface area contributed by atoms with Gasteiger partial charge >= 0.3 is 0 Å². The molecule has 0 radical (unpaired) electrons. The largest absolute Gasteiger partial charge is 0.336 e. The molecule has 0 spiro atoms. The first-order valence-electron chi connectivity index (χ1n) is 7.51. The Balaban J connectivity index is 2.06. The zero-order chi connectivity index (χ0) is 17.4. The molecule has 1 aromatic heterocycles. The second kappa shape index (κ2) is 10.4. The lowest BCUT2D eigenvalue weighted by Gasteiger charge is -2.18. The second-order valence-electron chi connectivity index (χ2n) is 5.04. The van der Waals surface area contributed by atoms with Crippen molar-refractivity contribution < 1.29 is 8.98 Å². The van der Waals surface area contributed by atoms with E-state index in [0.29, 0.717) is 23.2 Å². The van der Waals surface area contributed by atoms with E-state index in [4.69, 9.17) is 27.4 Å². The summed E-state index contributed by atoms with van der Waals surface area (Å²) in [7, 11) is 0. The quantitative estimate of drug-likeness (QED) is 0.384. The third kappa shape index (κ3) is 6.33. The first-order valence-corrected chi connectivity index (χ1v) is 9.88. The normalized spacial score (nSPS) is 12.3. The minimum Gasteiger partial charge on any atom is -0.336 e. The third-order valence-corrected chi connectivity index (χ3v) is 5.55. The van der Waals surface area contributed by atoms with Crippen LogP contribution in [0.15, 0.2) is 36.9 Å². The third-order valence-electron chi connectivity index (χ3n) is 3.19. The van der Waals surface area contributed by atoms with Crippen molar-refractivity contribution in [1.82, 2.24) is 9.55 Å². The minimum atomic E-state index is -0.154. The van der Waals surface area contributed by atoms with Crippen LogP contribution in [0.25, 0.3) is 0 Å². The summed E-state index contributed by atoms with van der Waals surface area (Å²) >= 11 is 14.4. The summed E-state index contributed by atoms with van der Waals surface area (Å²) in [6, 6.07) is 5.32. The van der Waals surface area contributed by atoms with Crippen molar-refractivity contribution in [2.45, 2.75) is 31.6 Å². The van der Waals surface area contributed by atoms with Gasteiger partial charge in [-0.05, 0) is 24.1 Å². The molecule has 0 bridgehead atoms. The van der Waals surface area contributed by atoms with Crippen molar-refractivity contribution in [3.8, 4) is 0 Å². The van der Waals surface area contributed by atoms with Crippen LogP contribution in [0.1, 0.15) is 30.6 Å². The van der Waals surface area contributed by atoms with E-state index in [-0.39, 0.29) is 9.70 Å². The Morgan fingerprint density at radius 1 is 1.42 bits per heavy atom. The molecule has 4 nitrogen and oxygen atoms in total. The molecule has 0 saturated heterocycles. The van der Waals surface area contributed by atoms with Gasteiger partial charge in [0, 0.05) is 29.0 Å². The number of rotatable bonds is 8. The average Bonchev–Trinajstić information content (AvgIpc) is 3.04. The van der Waals surface area contributed by atoms with Gasteiger partial charge < -0.3 is 8.75 Å². The van der Waals surface area contributed by atoms with Gasteiger partial charge in [0.05, 0.1) is 30.2 Å². The summed E-state index contributed by atoms with van der Waals surface area (Å²) in [5, 5.41) is 0.960. The molecule has 0 aliphatic carbocycles. The van der Waals surface area contributed by atoms with E-state index < -0.39 is 0 Å². The van der Waals surface area contributed by atoms with Gasteiger partial charge in [0.25, 0.3) is 4.45 Å². The Labute approximate surface area is 160 Å². The first-order chi connectivity index (χ1) is 11.6. The van der Waals surface area contributed by atoms with Gasteiger partial charge in [0.15, 0.2) is 0 Å². The standard InChI is InChI=1S/C16H18Cl2N2O2S2/c1-2-3-8-22-24-16(21)23-15(10-20-7-6-19-11-20)13-5-4-12(17)9-14(13)18/h4-7,9,11,15H,2-3,8,10H2,1H3. The van der Waals surface area contributed by atoms with E-state index >= 15 is 0 Å². The van der Waals surface area contributed by atoms with Crippen molar-refractivity contribution >= 4 is 51.5 Å². The lowest BCUT2D eigenvalue weighted by Crippen LogP contribution is -2.07. The topological polar surface area (TPSA) is 44.1 Å². The number of aromatic nitrogens is 2. The van der Waals surface area contributed by atoms with Crippen LogP contribution in [0.3, 0.4) is 0 Å². The number of carbonyl (C=O) groups excluding carboxylic acids is 1. The number of imidazole rings is 1. The average molecular weight is 405 g/mol. The summed E-state index contributed by atoms with van der Waals surface area (Å²) in [5.41, 5.74) is 0.863. The maximum atomic E-state index is 12.2. The molecule has 0 aliphatic rings. The van der Waals surface area contributed by atoms with E-state index in [1.807, 2.05) is 16.8 Å². The van der Waals surface area contributed by atoms with Crippen LogP contribution >= 0.6 is 47.0 Å². The highest BCUT2D eigenvalue weighted by atomic mass is 35.5. The molecule has 2 aromatic rings. The van der Waals surface area contributed by atoms with Crippen molar-refractivity contribution in [2.24, 2.45) is 0 Å². The summed E-state index contributed by atoms with van der Waals surface area (Å²) in [5.74, 6) is 0. The van der Waals surface area contributed by atoms with Crippen LogP contribution in [0.2, 0.25) is 10.0 Å². The molecule has 1 atom stereocenters. The minimum absolute atomic E-state index is 0.0952. The van der Waals surface area contributed by atoms with Crippen LogP contribution in [-0.2, 0) is 10.7 Å². The van der Waals surface area contributed by atoms with Crippen LogP contribution in [0.5, 0.6) is 0 Å². The highest BCUT2D eigenvalue weighted by Gasteiger charge is 2.21. The van der Waals surface area contributed by atoms with Gasteiger partial charge in [-0.15, -0.1) is 0 Å². The van der Waals surface area contributed by atoms with E-state index in [9.17, 15) is 4.79 Å². The van der Waals surface area contributed by atoms with Gasteiger partial charge in [-0.1, -0.05) is 54.4 Å². The maximum absolute atomic E-state index is 12.2. The Bertz CT molecular complexity index is 654. The highest BCUT2D eigenvalue weighted by molar-refractivity contribution is 8.36. The van der Waals surface area contributed by atoms with Crippen molar-refractivity contribution in [2.75, 3.05) is 6.61 Å². The summed E-state index contributed by atoms with van der Waals surface area (Å²) in [4.78, 5) is 16.2. The highest BCUT2D eigenvalue weighted by Crippen LogP contribution is 2.39. The molecule has 8 heteroatoms. The number of unbranched alkanes of at least 4 members (excludes halogenated alkanes) is 1. The molecule has 0 N–H and O–H groups in total. The number of hydrogen-bond acceptors (Lipinski definition) is 5. The van der Waals surface area contributed by atoms with Crippen molar-refractivity contribution in [3.05, 3.63) is 52.5 Å². The van der Waals surface area contributed by atoms with E-state index in [2.05, 4.69) is 11.9 Å². The number of thioether (sulfide) groups is 1. The molecule has 0 fully saturated rings. The van der Waals surface area contributed by atoms with E-state index in [0.717, 1.165) is 30.4 Å². The molecule has 24 heavy (non-hydrogen) atoms. The molecule has 2 rings (SSSR count). The Morgan fingerprint density at radius 2 is 2.25 bits per heavy atom. The predicted octanol–water partition coefficient (Wildman–Crippen LogP) is 6.25. The summed E-state index contributed by atoms with van der Waals surface area (Å²) in [6.45, 7) is 3.23. The lowest BCUT2D eigenvalue weighted by molar-refractivity contribution is 0.273. The van der Waals surface area contributed by atoms with Crippen LogP contribution in [0.4, 0.5) is 4.79 Å². The van der Waals surface area contributed by atoms with Gasteiger partial charge in [0.2, 0.25) is 0 Å². The Hall–Kier alpha value is -0.660. The summed E-state index contributed by atoms with van der Waals surface area (Å²) in [6.07, 6.45) is 7.24. The maximum Gasteiger partial charge on any atom is 0.273 e. The van der Waals surface area contributed by atoms with E-state index in [1.54, 1.807) is 24.7 Å². The second-order valence-corrected chi connectivity index (χ2v) is 8.09. The Kier molecular flexibility index (Phi) is 8.49. The monoisotopic (exact) mass is 404 g/mol. The Morgan fingerprint density at radius 3 is 2.92 bits per heavy atom. The number of carbonyl (C=O) groups is 1. The SMILES string of the molecule is CCCCOSC(=O)SC(Cn1ccnc1)c1ccc(Cl)cc1Cl. The first kappa shape index (κ1) is 19.7. The fourth-order valence-corrected chi connectivity index (χ4v) is 4.34. The van der Waals surface area contributed by atoms with Crippen molar-refractivity contribution in [1.29, 1.82) is 0 Å². The number of halogens is 2. The van der Waals surface area contributed by atoms with Gasteiger partial charge in [0.1, 0.15) is 0 Å². The molecule has 0 saturated carbocycles. The number of hydrogen-bond donors (Lipinski definition) is 0. The fourth-order valence-electron chi connectivity index (χ4n) is 1.98. The summed E-state index contributed by atoms with van der Waals surface area (Å²) < 4.78 is 7.15. The number of nitrogens with zero attached hydrogens (tertiary/aromatic N) is 2. The molecule has 1 heterocycles. The van der Waals surface area contributed by atoms with Crippen LogP contribution < -0.4 is 0 Å². The molecular weight excluding hydrogens is 387 g/mol. The molecular formula is C16H18Cl2N2O2S2. The van der Waals surface area contributed by atoms with E-state index in [1.165, 1.54) is 11.8 Å². The predicted molar refractivity (Wildman–Crippen MR) is 103 cm³/mol. The van der Waals surface area contributed by atoms with Gasteiger partial charge in [-0.2, -0.15) is 0 Å². The number of benzene rings is 1. The molecule has 130 valence electrons. The smallest absolute Gasteiger partial charge is 0.273 e. The van der Waals surface area contributed by atoms with Gasteiger partial charge in [-0.3, -0.25) is 4.79 Å². The molecule has 1 unspecified atom stereocenters. The van der Waals surface area contributed by atoms with Crippen LogP contribution in [-0.4, -0.2) is 20.6 Å². The zero-order valence-corrected chi connectivity index (χ0v) is 16.3.